The van der Waals surface area contributed by atoms with Crippen molar-refractivity contribution in [2.45, 2.75) is 19.8 Å². The molecule has 1 aliphatic heterocycles. The van der Waals surface area contributed by atoms with E-state index < -0.39 is 0 Å². The molecule has 1 aliphatic rings. The van der Waals surface area contributed by atoms with Gasteiger partial charge in [-0.3, -0.25) is 4.79 Å². The average molecular weight is 222 g/mol. The van der Waals surface area contributed by atoms with E-state index in [1.807, 2.05) is 13.8 Å². The van der Waals surface area contributed by atoms with Crippen LogP contribution in [0.1, 0.15) is 25.6 Å². The number of rotatable bonds is 3. The van der Waals surface area contributed by atoms with Crippen LogP contribution in [-0.2, 0) is 0 Å². The molecule has 0 bridgehead atoms. The van der Waals surface area contributed by atoms with Gasteiger partial charge in [-0.05, 0) is 6.54 Å². The normalized spacial score (nSPS) is 16.6. The molecule has 0 atom stereocenters. The van der Waals surface area contributed by atoms with Gasteiger partial charge < -0.3 is 15.6 Å². The van der Waals surface area contributed by atoms with E-state index in [0.29, 0.717) is 12.5 Å². The highest BCUT2D eigenvalue weighted by molar-refractivity contribution is 5.41. The van der Waals surface area contributed by atoms with E-state index >= 15 is 0 Å². The van der Waals surface area contributed by atoms with E-state index in [-0.39, 0.29) is 11.5 Å². The number of hydrogen-bond acceptors (Lipinski definition) is 4. The second-order valence-corrected chi connectivity index (χ2v) is 4.65. The van der Waals surface area contributed by atoms with Gasteiger partial charge in [-0.2, -0.15) is 0 Å². The Bertz CT molecular complexity index is 420. The van der Waals surface area contributed by atoms with Gasteiger partial charge >= 0.3 is 0 Å². The predicted octanol–water partition coefficient (Wildman–Crippen LogP) is 0.288. The minimum atomic E-state index is -0.0788. The molecule has 0 amide bonds. The van der Waals surface area contributed by atoms with Crippen LogP contribution in [0.3, 0.4) is 0 Å². The van der Waals surface area contributed by atoms with Gasteiger partial charge in [-0.1, -0.05) is 13.8 Å². The van der Waals surface area contributed by atoms with Crippen LogP contribution in [0.2, 0.25) is 0 Å². The van der Waals surface area contributed by atoms with Crippen molar-refractivity contribution < 1.29 is 0 Å². The SMILES string of the molecule is CC(C)c1nc(N2CC(CN)C2)cc(=O)[nH]1. The number of aromatic nitrogens is 2. The molecule has 5 nitrogen and oxygen atoms in total. The third kappa shape index (κ3) is 2.09. The highest BCUT2D eigenvalue weighted by Crippen LogP contribution is 2.21. The molecule has 16 heavy (non-hydrogen) atoms. The van der Waals surface area contributed by atoms with Crippen molar-refractivity contribution in [3.63, 3.8) is 0 Å². The molecule has 0 unspecified atom stereocenters. The lowest BCUT2D eigenvalue weighted by molar-refractivity contribution is 0.416. The first-order valence-corrected chi connectivity index (χ1v) is 5.66. The van der Waals surface area contributed by atoms with Crippen molar-refractivity contribution in [1.82, 2.24) is 9.97 Å². The highest BCUT2D eigenvalue weighted by atomic mass is 16.1. The molecule has 2 heterocycles. The topological polar surface area (TPSA) is 75.0 Å². The van der Waals surface area contributed by atoms with Gasteiger partial charge in [0.15, 0.2) is 0 Å². The molecule has 0 aromatic carbocycles. The summed E-state index contributed by atoms with van der Waals surface area (Å²) in [5, 5.41) is 0. The molecule has 2 rings (SSSR count). The largest absolute Gasteiger partial charge is 0.356 e. The Hall–Kier alpha value is -1.36. The van der Waals surface area contributed by atoms with E-state index in [0.717, 1.165) is 24.7 Å². The van der Waals surface area contributed by atoms with Gasteiger partial charge in [0.2, 0.25) is 0 Å². The Labute approximate surface area is 94.7 Å². The molecule has 1 aromatic heterocycles. The van der Waals surface area contributed by atoms with Crippen LogP contribution < -0.4 is 16.2 Å². The first-order chi connectivity index (χ1) is 7.60. The molecule has 0 radical (unpaired) electrons. The fraction of sp³-hybridized carbons (Fsp3) is 0.636. The maximum atomic E-state index is 11.5. The van der Waals surface area contributed by atoms with Gasteiger partial charge in [0, 0.05) is 31.0 Å². The molecule has 3 N–H and O–H groups in total. The van der Waals surface area contributed by atoms with Crippen molar-refractivity contribution in [2.24, 2.45) is 11.7 Å². The molecule has 1 fully saturated rings. The summed E-state index contributed by atoms with van der Waals surface area (Å²) in [5.41, 5.74) is 5.49. The van der Waals surface area contributed by atoms with Crippen LogP contribution in [0, 0.1) is 5.92 Å². The van der Waals surface area contributed by atoms with Crippen LogP contribution in [0.25, 0.3) is 0 Å². The number of hydrogen-bond donors (Lipinski definition) is 2. The lowest BCUT2D eigenvalue weighted by atomic mass is 10.0. The third-order valence-electron chi connectivity index (χ3n) is 2.91. The van der Waals surface area contributed by atoms with Crippen molar-refractivity contribution in [1.29, 1.82) is 0 Å². The number of nitrogens with one attached hydrogen (secondary N) is 1. The fourth-order valence-corrected chi connectivity index (χ4v) is 1.80. The number of anilines is 1. The summed E-state index contributed by atoms with van der Waals surface area (Å²) >= 11 is 0. The van der Waals surface area contributed by atoms with Gasteiger partial charge in [-0.25, -0.2) is 4.98 Å². The first kappa shape index (κ1) is 11.1. The molecular weight excluding hydrogens is 204 g/mol. The molecule has 5 heteroatoms. The second kappa shape index (κ2) is 4.25. The zero-order valence-electron chi connectivity index (χ0n) is 9.73. The van der Waals surface area contributed by atoms with Crippen LogP contribution in [0.5, 0.6) is 0 Å². The summed E-state index contributed by atoms with van der Waals surface area (Å²) in [7, 11) is 0. The summed E-state index contributed by atoms with van der Waals surface area (Å²) in [6.45, 7) is 6.55. The Morgan fingerprint density at radius 1 is 1.62 bits per heavy atom. The third-order valence-corrected chi connectivity index (χ3v) is 2.91. The lowest BCUT2D eigenvalue weighted by Gasteiger charge is -2.39. The highest BCUT2D eigenvalue weighted by Gasteiger charge is 2.26. The quantitative estimate of drug-likeness (QED) is 0.770. The Kier molecular flexibility index (Phi) is 2.96. The predicted molar refractivity (Wildman–Crippen MR) is 63.7 cm³/mol. The first-order valence-electron chi connectivity index (χ1n) is 5.66. The van der Waals surface area contributed by atoms with Crippen LogP contribution >= 0.6 is 0 Å². The molecule has 1 aromatic rings. The minimum Gasteiger partial charge on any atom is -0.356 e. The van der Waals surface area contributed by atoms with Crippen molar-refractivity contribution in [2.75, 3.05) is 24.5 Å². The zero-order chi connectivity index (χ0) is 11.7. The van der Waals surface area contributed by atoms with Crippen LogP contribution in [0.15, 0.2) is 10.9 Å². The van der Waals surface area contributed by atoms with Gasteiger partial charge in [-0.15, -0.1) is 0 Å². The monoisotopic (exact) mass is 222 g/mol. The molecule has 0 spiro atoms. The smallest absolute Gasteiger partial charge is 0.252 e. The van der Waals surface area contributed by atoms with E-state index in [4.69, 9.17) is 5.73 Å². The number of nitrogens with zero attached hydrogens (tertiary/aromatic N) is 2. The number of aromatic amines is 1. The molecule has 0 saturated carbocycles. The summed E-state index contributed by atoms with van der Waals surface area (Å²) < 4.78 is 0. The Morgan fingerprint density at radius 3 is 2.88 bits per heavy atom. The fourth-order valence-electron chi connectivity index (χ4n) is 1.80. The molecule has 88 valence electrons. The standard InChI is InChI=1S/C11H18N4O/c1-7(2)11-13-9(3-10(16)14-11)15-5-8(4-12)6-15/h3,7-8H,4-6,12H2,1-2H3,(H,13,14,16). The van der Waals surface area contributed by atoms with Crippen molar-refractivity contribution in [3.05, 3.63) is 22.2 Å². The van der Waals surface area contributed by atoms with Gasteiger partial charge in [0.1, 0.15) is 11.6 Å². The van der Waals surface area contributed by atoms with Crippen LogP contribution in [0.4, 0.5) is 5.82 Å². The minimum absolute atomic E-state index is 0.0788. The molecular formula is C11H18N4O. The summed E-state index contributed by atoms with van der Waals surface area (Å²) in [5.74, 6) is 2.30. The Morgan fingerprint density at radius 2 is 2.31 bits per heavy atom. The van der Waals surface area contributed by atoms with Gasteiger partial charge in [0.05, 0.1) is 0 Å². The lowest BCUT2D eigenvalue weighted by Crippen LogP contribution is -2.50. The summed E-state index contributed by atoms with van der Waals surface area (Å²) in [4.78, 5) is 20.8. The maximum Gasteiger partial charge on any atom is 0.252 e. The van der Waals surface area contributed by atoms with E-state index in [2.05, 4.69) is 14.9 Å². The van der Waals surface area contributed by atoms with Crippen molar-refractivity contribution in [3.8, 4) is 0 Å². The Balaban J connectivity index is 2.19. The molecule has 1 saturated heterocycles. The summed E-state index contributed by atoms with van der Waals surface area (Å²) in [6.07, 6.45) is 0. The van der Waals surface area contributed by atoms with Gasteiger partial charge in [0.25, 0.3) is 5.56 Å². The average Bonchev–Trinajstić information content (AvgIpc) is 2.15. The number of H-pyrrole nitrogens is 1. The second-order valence-electron chi connectivity index (χ2n) is 4.65. The van der Waals surface area contributed by atoms with E-state index in [1.54, 1.807) is 6.07 Å². The van der Waals surface area contributed by atoms with Crippen molar-refractivity contribution >= 4 is 5.82 Å². The summed E-state index contributed by atoms with van der Waals surface area (Å²) in [6, 6.07) is 1.55. The number of nitrogens with two attached hydrogens (primary N) is 1. The van der Waals surface area contributed by atoms with E-state index in [9.17, 15) is 4.79 Å². The molecule has 0 aliphatic carbocycles. The maximum absolute atomic E-state index is 11.5. The zero-order valence-corrected chi connectivity index (χ0v) is 9.73. The van der Waals surface area contributed by atoms with Crippen LogP contribution in [-0.4, -0.2) is 29.6 Å². The van der Waals surface area contributed by atoms with E-state index in [1.165, 1.54) is 0 Å².